The van der Waals surface area contributed by atoms with E-state index >= 15 is 0 Å². The number of likely N-dealkylation sites (N-methyl/N-ethyl adjacent to an activating group) is 1. The highest BCUT2D eigenvalue weighted by Gasteiger charge is 2.16. The minimum absolute atomic E-state index is 0.383. The molecule has 1 aromatic rings. The zero-order chi connectivity index (χ0) is 13.9. The van der Waals surface area contributed by atoms with E-state index in [2.05, 4.69) is 17.3 Å². The van der Waals surface area contributed by atoms with Crippen LogP contribution >= 0.6 is 0 Å². The van der Waals surface area contributed by atoms with E-state index in [1.165, 1.54) is 25.6 Å². The van der Waals surface area contributed by atoms with Crippen LogP contribution in [0.1, 0.15) is 18.4 Å². The Morgan fingerprint density at radius 2 is 2.00 bits per heavy atom. The summed E-state index contributed by atoms with van der Waals surface area (Å²) >= 11 is 0. The predicted molar refractivity (Wildman–Crippen MR) is 76.9 cm³/mol. The lowest BCUT2D eigenvalue weighted by Crippen LogP contribution is -2.43. The molecular formula is C14H22N2O2S. The van der Waals surface area contributed by atoms with Crippen molar-refractivity contribution in [3.05, 3.63) is 29.8 Å². The van der Waals surface area contributed by atoms with Gasteiger partial charge in [-0.25, -0.2) is 8.42 Å². The first-order valence-corrected chi connectivity index (χ1v) is 8.55. The van der Waals surface area contributed by atoms with Gasteiger partial charge in [0.1, 0.15) is 0 Å². The summed E-state index contributed by atoms with van der Waals surface area (Å²) in [7, 11) is -0.942. The summed E-state index contributed by atoms with van der Waals surface area (Å²) in [6.45, 7) is 3.06. The fourth-order valence-corrected chi connectivity index (χ4v) is 3.08. The zero-order valence-corrected chi connectivity index (χ0v) is 12.4. The Morgan fingerprint density at radius 1 is 1.32 bits per heavy atom. The monoisotopic (exact) mass is 282 g/mol. The van der Waals surface area contributed by atoms with Crippen molar-refractivity contribution in [2.24, 2.45) is 0 Å². The van der Waals surface area contributed by atoms with Crippen molar-refractivity contribution in [1.29, 1.82) is 0 Å². The smallest absolute Gasteiger partial charge is 0.175 e. The highest BCUT2D eigenvalue weighted by molar-refractivity contribution is 7.90. The Bertz CT molecular complexity index is 511. The molecule has 1 aliphatic rings. The van der Waals surface area contributed by atoms with E-state index in [9.17, 15) is 8.42 Å². The lowest BCUT2D eigenvalue weighted by Gasteiger charge is -2.30. The lowest BCUT2D eigenvalue weighted by molar-refractivity contribution is 0.226. The molecule has 1 aliphatic heterocycles. The summed E-state index contributed by atoms with van der Waals surface area (Å²) in [6, 6.07) is 7.66. The highest BCUT2D eigenvalue weighted by atomic mass is 32.2. The Hall–Kier alpha value is -0.910. The largest absolute Gasteiger partial charge is 0.309 e. The molecule has 0 spiro atoms. The maximum atomic E-state index is 11.4. The van der Waals surface area contributed by atoms with Gasteiger partial charge in [0.2, 0.25) is 0 Å². The van der Waals surface area contributed by atoms with Gasteiger partial charge >= 0.3 is 0 Å². The van der Waals surface area contributed by atoms with Gasteiger partial charge in [-0.05, 0) is 44.1 Å². The van der Waals surface area contributed by atoms with Crippen LogP contribution in [0.2, 0.25) is 0 Å². The van der Waals surface area contributed by atoms with Gasteiger partial charge in [-0.3, -0.25) is 0 Å². The van der Waals surface area contributed by atoms with Gasteiger partial charge in [0, 0.05) is 25.4 Å². The molecule has 19 heavy (non-hydrogen) atoms. The quantitative estimate of drug-likeness (QED) is 0.903. The van der Waals surface area contributed by atoms with E-state index < -0.39 is 9.84 Å². The van der Waals surface area contributed by atoms with Crippen LogP contribution in [0.3, 0.4) is 0 Å². The Labute approximate surface area is 115 Å². The van der Waals surface area contributed by atoms with Crippen molar-refractivity contribution < 1.29 is 8.42 Å². The Morgan fingerprint density at radius 3 is 2.58 bits per heavy atom. The van der Waals surface area contributed by atoms with Gasteiger partial charge in [0.25, 0.3) is 0 Å². The minimum atomic E-state index is -3.09. The summed E-state index contributed by atoms with van der Waals surface area (Å²) in [5, 5.41) is 3.54. The van der Waals surface area contributed by atoms with Crippen LogP contribution in [0.5, 0.6) is 0 Å². The van der Waals surface area contributed by atoms with Gasteiger partial charge in [0.15, 0.2) is 9.84 Å². The third-order valence-corrected chi connectivity index (χ3v) is 4.70. The highest BCUT2D eigenvalue weighted by Crippen LogP contribution is 2.12. The molecule has 5 heteroatoms. The van der Waals surface area contributed by atoms with Gasteiger partial charge < -0.3 is 10.2 Å². The molecule has 106 valence electrons. The molecular weight excluding hydrogens is 260 g/mol. The number of hydrogen-bond acceptors (Lipinski definition) is 4. The number of benzene rings is 1. The second kappa shape index (κ2) is 6.03. The van der Waals surface area contributed by atoms with Gasteiger partial charge in [0.05, 0.1) is 4.90 Å². The molecule has 0 saturated carbocycles. The molecule has 2 rings (SSSR count). The van der Waals surface area contributed by atoms with Crippen molar-refractivity contribution in [3.63, 3.8) is 0 Å². The second-order valence-electron chi connectivity index (χ2n) is 5.40. The van der Waals surface area contributed by atoms with E-state index in [4.69, 9.17) is 0 Å². The molecule has 1 saturated heterocycles. The number of hydrogen-bond donors (Lipinski definition) is 1. The molecule has 0 aliphatic carbocycles. The first-order valence-electron chi connectivity index (χ1n) is 6.66. The fourth-order valence-electron chi connectivity index (χ4n) is 2.45. The average Bonchev–Trinajstić information content (AvgIpc) is 2.36. The van der Waals surface area contributed by atoms with Crippen molar-refractivity contribution in [1.82, 2.24) is 10.2 Å². The molecule has 1 N–H and O–H groups in total. The second-order valence-corrected chi connectivity index (χ2v) is 7.41. The molecule has 0 aromatic heterocycles. The van der Waals surface area contributed by atoms with Crippen LogP contribution in [0.4, 0.5) is 0 Å². The average molecular weight is 282 g/mol. The number of likely N-dealkylation sites (tertiary alicyclic amines) is 1. The maximum Gasteiger partial charge on any atom is 0.175 e. The summed E-state index contributed by atoms with van der Waals surface area (Å²) in [5.74, 6) is 0. The Balaban J connectivity index is 1.89. The topological polar surface area (TPSA) is 49.4 Å². The number of sulfone groups is 1. The van der Waals surface area contributed by atoms with Crippen molar-refractivity contribution in [3.8, 4) is 0 Å². The van der Waals surface area contributed by atoms with Crippen LogP contribution in [0.25, 0.3) is 0 Å². The first kappa shape index (κ1) is 14.5. The van der Waals surface area contributed by atoms with Crippen LogP contribution in [-0.4, -0.2) is 45.8 Å². The normalized spacial score (nSPS) is 21.5. The third kappa shape index (κ3) is 4.30. The van der Waals surface area contributed by atoms with Crippen molar-refractivity contribution >= 4 is 9.84 Å². The molecule has 0 bridgehead atoms. The molecule has 1 atom stereocenters. The summed E-state index contributed by atoms with van der Waals surface area (Å²) in [5.41, 5.74) is 1.13. The number of nitrogens with zero attached hydrogens (tertiary/aromatic N) is 1. The molecule has 4 nitrogen and oxygen atoms in total. The van der Waals surface area contributed by atoms with Crippen LogP contribution < -0.4 is 5.32 Å². The van der Waals surface area contributed by atoms with E-state index in [0.29, 0.717) is 10.9 Å². The molecule has 1 aromatic carbocycles. The number of nitrogens with one attached hydrogen (secondary N) is 1. The van der Waals surface area contributed by atoms with Crippen molar-refractivity contribution in [2.45, 2.75) is 30.3 Å². The van der Waals surface area contributed by atoms with Gasteiger partial charge in [-0.15, -0.1) is 0 Å². The lowest BCUT2D eigenvalue weighted by atomic mass is 10.1. The van der Waals surface area contributed by atoms with Crippen molar-refractivity contribution in [2.75, 3.05) is 26.4 Å². The van der Waals surface area contributed by atoms with E-state index in [0.717, 1.165) is 18.7 Å². The van der Waals surface area contributed by atoms with Crippen LogP contribution in [-0.2, 0) is 16.4 Å². The first-order chi connectivity index (χ1) is 8.95. The molecule has 1 unspecified atom stereocenters. The molecule has 0 radical (unpaired) electrons. The summed E-state index contributed by atoms with van der Waals surface area (Å²) in [4.78, 5) is 2.72. The molecule has 0 amide bonds. The van der Waals surface area contributed by atoms with Gasteiger partial charge in [-0.1, -0.05) is 12.1 Å². The predicted octanol–water partition coefficient (Wildman–Crippen LogP) is 1.27. The van der Waals surface area contributed by atoms with E-state index in [-0.39, 0.29) is 0 Å². The SMILES string of the molecule is CN1CCCC(NCc2ccc(S(C)(=O)=O)cc2)C1. The number of rotatable bonds is 4. The van der Waals surface area contributed by atoms with E-state index in [1.54, 1.807) is 12.1 Å². The molecule has 1 fully saturated rings. The zero-order valence-electron chi connectivity index (χ0n) is 11.6. The summed E-state index contributed by atoms with van der Waals surface area (Å²) in [6.07, 6.45) is 3.69. The summed E-state index contributed by atoms with van der Waals surface area (Å²) < 4.78 is 22.7. The van der Waals surface area contributed by atoms with Gasteiger partial charge in [-0.2, -0.15) is 0 Å². The maximum absolute atomic E-state index is 11.4. The minimum Gasteiger partial charge on any atom is -0.309 e. The third-order valence-electron chi connectivity index (χ3n) is 3.57. The van der Waals surface area contributed by atoms with E-state index in [1.807, 2.05) is 12.1 Å². The Kier molecular flexibility index (Phi) is 4.60. The fraction of sp³-hybridized carbons (Fsp3) is 0.571. The van der Waals surface area contributed by atoms with Crippen LogP contribution in [0, 0.1) is 0 Å². The molecule has 1 heterocycles. The standard InChI is InChI=1S/C14H22N2O2S/c1-16-9-3-4-13(11-16)15-10-12-5-7-14(8-6-12)19(2,17)18/h5-8,13,15H,3-4,9-11H2,1-2H3. The number of piperidine rings is 1. The van der Waals surface area contributed by atoms with Crippen LogP contribution in [0.15, 0.2) is 29.2 Å².